The van der Waals surface area contributed by atoms with Gasteiger partial charge >= 0.3 is 7.12 Å². The molecule has 4 nitrogen and oxygen atoms in total. The highest BCUT2D eigenvalue weighted by atomic mass is 16.4. The van der Waals surface area contributed by atoms with Crippen LogP contribution in [0.25, 0.3) is 0 Å². The molecule has 1 rings (SSSR count). The molecule has 2 N–H and O–H groups in total. The lowest BCUT2D eigenvalue weighted by Gasteiger charge is -1.96. The van der Waals surface area contributed by atoms with E-state index in [4.69, 9.17) is 10.0 Å². The van der Waals surface area contributed by atoms with Crippen molar-refractivity contribution in [3.8, 4) is 0 Å². The Hall–Kier alpha value is -0.805. The average molecular weight is 168 g/mol. The van der Waals surface area contributed by atoms with Gasteiger partial charge in [-0.1, -0.05) is 13.8 Å². The molecule has 0 atom stereocenters. The Morgan fingerprint density at radius 1 is 1.50 bits per heavy atom. The number of aromatic nitrogens is 2. The smallest absolute Gasteiger partial charge is 0.422 e. The maximum absolute atomic E-state index is 8.89. The molecular weight excluding hydrogens is 155 g/mol. The largest absolute Gasteiger partial charge is 0.507 e. The first-order valence-corrected chi connectivity index (χ1v) is 3.92. The molecule has 66 valence electrons. The van der Waals surface area contributed by atoms with Crippen LogP contribution in [0.15, 0.2) is 6.07 Å². The molecule has 1 heterocycles. The molecule has 1 aromatic heterocycles. The van der Waals surface area contributed by atoms with Crippen LogP contribution in [0.3, 0.4) is 0 Å². The maximum atomic E-state index is 8.89. The van der Waals surface area contributed by atoms with E-state index in [0.29, 0.717) is 11.5 Å². The molecule has 0 bridgehead atoms. The highest BCUT2D eigenvalue weighted by Crippen LogP contribution is 2.08. The zero-order valence-electron chi connectivity index (χ0n) is 7.52. The van der Waals surface area contributed by atoms with Crippen LogP contribution >= 0.6 is 0 Å². The normalized spacial score (nSPS) is 10.8. The molecule has 0 radical (unpaired) electrons. The Morgan fingerprint density at radius 3 is 2.33 bits per heavy atom. The fraction of sp³-hybridized carbons (Fsp3) is 0.571. The molecule has 0 fully saturated rings. The van der Waals surface area contributed by atoms with Gasteiger partial charge in [0.05, 0.1) is 11.3 Å². The highest BCUT2D eigenvalue weighted by Gasteiger charge is 2.18. The van der Waals surface area contributed by atoms with Gasteiger partial charge in [0.1, 0.15) is 0 Å². The summed E-state index contributed by atoms with van der Waals surface area (Å²) < 4.78 is 1.49. The van der Waals surface area contributed by atoms with E-state index in [1.54, 1.807) is 13.1 Å². The van der Waals surface area contributed by atoms with E-state index in [0.717, 1.165) is 5.69 Å². The standard InChI is InChI=1S/C7H13BN2O2/c1-5(2)6-4-7(8(11)12)10(3)9-6/h4-5,11-12H,1-3H3. The predicted molar refractivity (Wildman–Crippen MR) is 47.1 cm³/mol. The minimum Gasteiger partial charge on any atom is -0.422 e. The van der Waals surface area contributed by atoms with E-state index in [9.17, 15) is 0 Å². The Kier molecular flexibility index (Phi) is 2.54. The summed E-state index contributed by atoms with van der Waals surface area (Å²) in [5.41, 5.74) is 1.30. The number of hydrogen-bond acceptors (Lipinski definition) is 3. The zero-order chi connectivity index (χ0) is 9.30. The van der Waals surface area contributed by atoms with Crippen molar-refractivity contribution in [2.75, 3.05) is 0 Å². The monoisotopic (exact) mass is 168 g/mol. The van der Waals surface area contributed by atoms with E-state index in [1.807, 2.05) is 13.8 Å². The van der Waals surface area contributed by atoms with Crippen molar-refractivity contribution in [1.29, 1.82) is 0 Å². The lowest BCUT2D eigenvalue weighted by atomic mass is 9.85. The van der Waals surface area contributed by atoms with Gasteiger partial charge in [-0.2, -0.15) is 5.10 Å². The quantitative estimate of drug-likeness (QED) is 0.569. The van der Waals surface area contributed by atoms with Crippen molar-refractivity contribution in [1.82, 2.24) is 9.78 Å². The molecule has 0 spiro atoms. The fourth-order valence-electron chi connectivity index (χ4n) is 1.03. The molecular formula is C7H13BN2O2. The van der Waals surface area contributed by atoms with Gasteiger partial charge in [-0.25, -0.2) is 0 Å². The van der Waals surface area contributed by atoms with Crippen LogP contribution in [0.5, 0.6) is 0 Å². The van der Waals surface area contributed by atoms with Gasteiger partial charge in [0.25, 0.3) is 0 Å². The van der Waals surface area contributed by atoms with Crippen LogP contribution in [0, 0.1) is 0 Å². The van der Waals surface area contributed by atoms with E-state index in [-0.39, 0.29) is 0 Å². The topological polar surface area (TPSA) is 58.3 Å². The molecule has 0 aromatic carbocycles. The molecule has 5 heteroatoms. The van der Waals surface area contributed by atoms with Crippen LogP contribution < -0.4 is 5.59 Å². The van der Waals surface area contributed by atoms with Crippen molar-refractivity contribution in [3.05, 3.63) is 11.8 Å². The second-order valence-corrected chi connectivity index (χ2v) is 3.15. The maximum Gasteiger partial charge on any atom is 0.507 e. The summed E-state index contributed by atoms with van der Waals surface area (Å²) in [5, 5.41) is 21.9. The third-order valence-corrected chi connectivity index (χ3v) is 1.79. The third-order valence-electron chi connectivity index (χ3n) is 1.79. The van der Waals surface area contributed by atoms with Crippen LogP contribution in [-0.4, -0.2) is 26.9 Å². The SMILES string of the molecule is CC(C)c1cc(B(O)O)n(C)n1. The van der Waals surface area contributed by atoms with Gasteiger partial charge in [-0.15, -0.1) is 0 Å². The Morgan fingerprint density at radius 2 is 2.08 bits per heavy atom. The summed E-state index contributed by atoms with van der Waals surface area (Å²) in [4.78, 5) is 0. The van der Waals surface area contributed by atoms with E-state index < -0.39 is 7.12 Å². The van der Waals surface area contributed by atoms with Crippen LogP contribution in [-0.2, 0) is 7.05 Å². The van der Waals surface area contributed by atoms with Crippen molar-refractivity contribution >= 4 is 12.7 Å². The number of rotatable bonds is 2. The summed E-state index contributed by atoms with van der Waals surface area (Å²) in [5.74, 6) is 0.309. The molecule has 0 amide bonds. The van der Waals surface area contributed by atoms with Gasteiger partial charge in [-0.3, -0.25) is 4.68 Å². The summed E-state index contributed by atoms with van der Waals surface area (Å²) in [6, 6.07) is 1.70. The zero-order valence-corrected chi connectivity index (χ0v) is 7.52. The van der Waals surface area contributed by atoms with E-state index >= 15 is 0 Å². The lowest BCUT2D eigenvalue weighted by Crippen LogP contribution is -2.35. The minimum atomic E-state index is -1.44. The van der Waals surface area contributed by atoms with Crippen LogP contribution in [0.1, 0.15) is 25.5 Å². The number of aryl methyl sites for hydroxylation is 1. The third kappa shape index (κ3) is 1.68. The van der Waals surface area contributed by atoms with Crippen molar-refractivity contribution in [2.45, 2.75) is 19.8 Å². The Labute approximate surface area is 72.0 Å². The molecule has 12 heavy (non-hydrogen) atoms. The van der Waals surface area contributed by atoms with Gasteiger partial charge < -0.3 is 10.0 Å². The van der Waals surface area contributed by atoms with Gasteiger partial charge in [0.2, 0.25) is 0 Å². The molecule has 1 aromatic rings. The number of nitrogens with zero attached hydrogens (tertiary/aromatic N) is 2. The molecule has 0 aliphatic heterocycles. The van der Waals surface area contributed by atoms with Crippen molar-refractivity contribution in [2.24, 2.45) is 7.05 Å². The highest BCUT2D eigenvalue weighted by molar-refractivity contribution is 6.57. The molecule has 0 unspecified atom stereocenters. The summed E-state index contributed by atoms with van der Waals surface area (Å²) in [6.07, 6.45) is 0. The summed E-state index contributed by atoms with van der Waals surface area (Å²) in [6.45, 7) is 4.02. The molecule has 0 saturated heterocycles. The van der Waals surface area contributed by atoms with Gasteiger partial charge in [0, 0.05) is 7.05 Å². The number of hydrogen-bond donors (Lipinski definition) is 2. The second kappa shape index (κ2) is 3.29. The second-order valence-electron chi connectivity index (χ2n) is 3.15. The first-order valence-electron chi connectivity index (χ1n) is 3.92. The van der Waals surface area contributed by atoms with Gasteiger partial charge in [0.15, 0.2) is 0 Å². The fourth-order valence-corrected chi connectivity index (χ4v) is 1.03. The van der Waals surface area contributed by atoms with Crippen molar-refractivity contribution in [3.63, 3.8) is 0 Å². The first kappa shape index (κ1) is 9.28. The lowest BCUT2D eigenvalue weighted by molar-refractivity contribution is 0.421. The van der Waals surface area contributed by atoms with Crippen LogP contribution in [0.4, 0.5) is 0 Å². The molecule has 0 saturated carbocycles. The van der Waals surface area contributed by atoms with Gasteiger partial charge in [-0.05, 0) is 12.0 Å². The molecule has 0 aliphatic rings. The Balaban J connectivity index is 3.00. The predicted octanol–water partition coefficient (Wildman–Crippen LogP) is -0.777. The van der Waals surface area contributed by atoms with Crippen LogP contribution in [0.2, 0.25) is 0 Å². The van der Waals surface area contributed by atoms with E-state index in [2.05, 4.69) is 5.10 Å². The summed E-state index contributed by atoms with van der Waals surface area (Å²) in [7, 11) is 0.260. The molecule has 0 aliphatic carbocycles. The van der Waals surface area contributed by atoms with E-state index in [1.165, 1.54) is 4.68 Å². The summed E-state index contributed by atoms with van der Waals surface area (Å²) >= 11 is 0. The average Bonchev–Trinajstić information content (AvgIpc) is 2.30. The first-order chi connectivity index (χ1) is 5.52. The minimum absolute atomic E-state index is 0.309. The Bertz CT molecular complexity index is 270. The van der Waals surface area contributed by atoms with Crippen molar-refractivity contribution < 1.29 is 10.0 Å².